The second kappa shape index (κ2) is 8.23. The number of unbranched alkanes of at least 4 members (excludes halogenated alkanes) is 2. The lowest BCUT2D eigenvalue weighted by atomic mass is 9.99. The summed E-state index contributed by atoms with van der Waals surface area (Å²) in [6.45, 7) is 0. The Morgan fingerprint density at radius 2 is 1.68 bits per heavy atom. The predicted molar refractivity (Wildman–Crippen MR) is 87.7 cm³/mol. The molecule has 3 nitrogen and oxygen atoms in total. The van der Waals surface area contributed by atoms with Crippen LogP contribution in [-0.2, 0) is 12.8 Å². The van der Waals surface area contributed by atoms with Crippen LogP contribution >= 0.6 is 0 Å². The van der Waals surface area contributed by atoms with Gasteiger partial charge in [-0.2, -0.15) is 0 Å². The molecule has 2 rings (SSSR count). The standard InChI is InChI=1S/C19H22O3/c1-22-17-14-8-13-16(18(17)19(20)21)12-7-3-6-11-15-9-4-2-5-10-15/h2,4-5,8-10,13-14H,3,6-7,11-12H2,1H3,(H,20,21). The number of hydrogen-bond donors (Lipinski definition) is 1. The summed E-state index contributed by atoms with van der Waals surface area (Å²) in [6, 6.07) is 15.9. The molecular formula is C19H22O3. The Morgan fingerprint density at radius 1 is 0.955 bits per heavy atom. The van der Waals surface area contributed by atoms with E-state index in [0.717, 1.165) is 37.7 Å². The van der Waals surface area contributed by atoms with E-state index in [4.69, 9.17) is 4.74 Å². The molecule has 116 valence electrons. The number of aromatic carboxylic acids is 1. The van der Waals surface area contributed by atoms with Crippen LogP contribution in [0.25, 0.3) is 0 Å². The molecule has 0 amide bonds. The molecule has 0 radical (unpaired) electrons. The van der Waals surface area contributed by atoms with Gasteiger partial charge >= 0.3 is 5.97 Å². The third kappa shape index (κ3) is 4.35. The number of carboxylic acid groups (broad SMARTS) is 1. The van der Waals surface area contributed by atoms with Crippen LogP contribution in [0.15, 0.2) is 48.5 Å². The van der Waals surface area contributed by atoms with E-state index in [1.54, 1.807) is 6.07 Å². The molecule has 3 heteroatoms. The fourth-order valence-electron chi connectivity index (χ4n) is 2.66. The van der Waals surface area contributed by atoms with Crippen molar-refractivity contribution in [2.75, 3.05) is 7.11 Å². The minimum absolute atomic E-state index is 0.299. The second-order valence-electron chi connectivity index (χ2n) is 5.35. The van der Waals surface area contributed by atoms with Crippen LogP contribution in [0.5, 0.6) is 5.75 Å². The Kier molecular flexibility index (Phi) is 6.01. The summed E-state index contributed by atoms with van der Waals surface area (Å²) in [7, 11) is 1.51. The Morgan fingerprint density at radius 3 is 2.36 bits per heavy atom. The molecule has 1 N–H and O–H groups in total. The molecule has 0 saturated heterocycles. The van der Waals surface area contributed by atoms with Crippen molar-refractivity contribution in [3.63, 3.8) is 0 Å². The monoisotopic (exact) mass is 298 g/mol. The van der Waals surface area contributed by atoms with E-state index < -0.39 is 5.97 Å². The lowest BCUT2D eigenvalue weighted by Gasteiger charge is -2.10. The van der Waals surface area contributed by atoms with Gasteiger partial charge in [0, 0.05) is 0 Å². The maximum atomic E-state index is 11.4. The molecule has 2 aromatic rings. The zero-order chi connectivity index (χ0) is 15.8. The lowest BCUT2D eigenvalue weighted by molar-refractivity contribution is 0.0692. The van der Waals surface area contributed by atoms with Crippen LogP contribution < -0.4 is 4.74 Å². The molecule has 0 aliphatic rings. The predicted octanol–water partition coefficient (Wildman–Crippen LogP) is 4.35. The number of aryl methyl sites for hydroxylation is 2. The fraction of sp³-hybridized carbons (Fsp3) is 0.316. The molecule has 0 fully saturated rings. The number of benzene rings is 2. The number of carbonyl (C=O) groups is 1. The van der Waals surface area contributed by atoms with Crippen LogP contribution in [-0.4, -0.2) is 18.2 Å². The third-order valence-corrected chi connectivity index (χ3v) is 3.80. The van der Waals surface area contributed by atoms with Crippen LogP contribution in [0.4, 0.5) is 0 Å². The maximum absolute atomic E-state index is 11.4. The largest absolute Gasteiger partial charge is 0.496 e. The quantitative estimate of drug-likeness (QED) is 0.737. The van der Waals surface area contributed by atoms with Crippen LogP contribution in [0.1, 0.15) is 40.7 Å². The summed E-state index contributed by atoms with van der Waals surface area (Å²) in [5.74, 6) is -0.481. The molecule has 0 aliphatic carbocycles. The average Bonchev–Trinajstić information content (AvgIpc) is 2.55. The van der Waals surface area contributed by atoms with E-state index >= 15 is 0 Å². The maximum Gasteiger partial charge on any atom is 0.339 e. The second-order valence-corrected chi connectivity index (χ2v) is 5.35. The van der Waals surface area contributed by atoms with Gasteiger partial charge in [-0.3, -0.25) is 0 Å². The van der Waals surface area contributed by atoms with Crippen molar-refractivity contribution in [2.24, 2.45) is 0 Å². The zero-order valence-electron chi connectivity index (χ0n) is 12.9. The zero-order valence-corrected chi connectivity index (χ0v) is 12.9. The van der Waals surface area contributed by atoms with Gasteiger partial charge < -0.3 is 9.84 Å². The Bertz CT molecular complexity index is 605. The summed E-state index contributed by atoms with van der Waals surface area (Å²) < 4.78 is 5.15. The fourth-order valence-corrected chi connectivity index (χ4v) is 2.66. The highest BCUT2D eigenvalue weighted by Gasteiger charge is 2.15. The molecule has 0 spiro atoms. The summed E-state index contributed by atoms with van der Waals surface area (Å²) in [5.41, 5.74) is 2.51. The normalized spacial score (nSPS) is 10.4. The first kappa shape index (κ1) is 16.1. The number of carboxylic acids is 1. The number of ether oxygens (including phenoxy) is 1. The first-order valence-electron chi connectivity index (χ1n) is 7.65. The van der Waals surface area contributed by atoms with Gasteiger partial charge in [0.25, 0.3) is 0 Å². The number of hydrogen-bond acceptors (Lipinski definition) is 2. The summed E-state index contributed by atoms with van der Waals surface area (Å²) in [5, 5.41) is 9.35. The van der Waals surface area contributed by atoms with E-state index in [9.17, 15) is 9.90 Å². The van der Waals surface area contributed by atoms with E-state index in [2.05, 4.69) is 24.3 Å². The van der Waals surface area contributed by atoms with Crippen molar-refractivity contribution >= 4 is 5.97 Å². The molecule has 2 aromatic carbocycles. The molecule has 0 aromatic heterocycles. The summed E-state index contributed by atoms with van der Waals surface area (Å²) >= 11 is 0. The molecule has 0 atom stereocenters. The van der Waals surface area contributed by atoms with Crippen molar-refractivity contribution in [1.29, 1.82) is 0 Å². The van der Waals surface area contributed by atoms with Crippen molar-refractivity contribution in [1.82, 2.24) is 0 Å². The van der Waals surface area contributed by atoms with Gasteiger partial charge in [-0.05, 0) is 42.9 Å². The van der Waals surface area contributed by atoms with Crippen molar-refractivity contribution in [3.8, 4) is 5.75 Å². The van der Waals surface area contributed by atoms with Gasteiger partial charge in [-0.1, -0.05) is 48.9 Å². The average molecular weight is 298 g/mol. The first-order valence-corrected chi connectivity index (χ1v) is 7.65. The molecule has 0 aliphatic heterocycles. The lowest BCUT2D eigenvalue weighted by Crippen LogP contribution is -2.05. The Labute approximate surface area is 131 Å². The van der Waals surface area contributed by atoms with Crippen LogP contribution in [0.3, 0.4) is 0 Å². The topological polar surface area (TPSA) is 46.5 Å². The molecule has 0 saturated carbocycles. The van der Waals surface area contributed by atoms with Gasteiger partial charge in [0.05, 0.1) is 7.11 Å². The van der Waals surface area contributed by atoms with Gasteiger partial charge in [0.2, 0.25) is 0 Å². The number of rotatable bonds is 8. The van der Waals surface area contributed by atoms with Gasteiger partial charge in [0.15, 0.2) is 0 Å². The Balaban J connectivity index is 1.85. The molecule has 22 heavy (non-hydrogen) atoms. The smallest absolute Gasteiger partial charge is 0.339 e. The van der Waals surface area contributed by atoms with Crippen molar-refractivity contribution < 1.29 is 14.6 Å². The van der Waals surface area contributed by atoms with Crippen LogP contribution in [0.2, 0.25) is 0 Å². The highest BCUT2D eigenvalue weighted by molar-refractivity contribution is 5.92. The minimum Gasteiger partial charge on any atom is -0.496 e. The van der Waals surface area contributed by atoms with Crippen LogP contribution in [0, 0.1) is 0 Å². The molecule has 0 bridgehead atoms. The van der Waals surface area contributed by atoms with Gasteiger partial charge in [-0.15, -0.1) is 0 Å². The van der Waals surface area contributed by atoms with Gasteiger partial charge in [-0.25, -0.2) is 4.79 Å². The highest BCUT2D eigenvalue weighted by Crippen LogP contribution is 2.24. The van der Waals surface area contributed by atoms with E-state index in [1.807, 2.05) is 18.2 Å². The van der Waals surface area contributed by atoms with Crippen molar-refractivity contribution in [2.45, 2.75) is 32.1 Å². The highest BCUT2D eigenvalue weighted by atomic mass is 16.5. The van der Waals surface area contributed by atoms with E-state index in [1.165, 1.54) is 12.7 Å². The molecule has 0 unspecified atom stereocenters. The number of methoxy groups -OCH3 is 1. The Hall–Kier alpha value is -2.29. The minimum atomic E-state index is -0.920. The van der Waals surface area contributed by atoms with E-state index in [0.29, 0.717) is 11.3 Å². The third-order valence-electron chi connectivity index (χ3n) is 3.80. The SMILES string of the molecule is COc1cccc(CCCCCc2ccccc2)c1C(=O)O. The molecular weight excluding hydrogens is 276 g/mol. The first-order chi connectivity index (χ1) is 10.7. The van der Waals surface area contributed by atoms with E-state index in [-0.39, 0.29) is 0 Å². The summed E-state index contributed by atoms with van der Waals surface area (Å²) in [6.07, 6.45) is 5.04. The summed E-state index contributed by atoms with van der Waals surface area (Å²) in [4.78, 5) is 11.4. The van der Waals surface area contributed by atoms with Crippen molar-refractivity contribution in [3.05, 3.63) is 65.2 Å². The molecule has 0 heterocycles. The van der Waals surface area contributed by atoms with Gasteiger partial charge in [0.1, 0.15) is 11.3 Å².